The van der Waals surface area contributed by atoms with Crippen LogP contribution in [0.15, 0.2) is 52.9 Å². The monoisotopic (exact) mass is 406 g/mol. The summed E-state index contributed by atoms with van der Waals surface area (Å²) in [5.74, 6) is -0.291. The Hall–Kier alpha value is -2.23. The first-order valence-electron chi connectivity index (χ1n) is 8.54. The minimum atomic E-state index is -3.68. The van der Waals surface area contributed by atoms with Gasteiger partial charge in [-0.25, -0.2) is 12.8 Å². The quantitative estimate of drug-likeness (QED) is 0.669. The molecule has 0 atom stereocenters. The van der Waals surface area contributed by atoms with E-state index in [2.05, 4.69) is 5.10 Å². The van der Waals surface area contributed by atoms with E-state index < -0.39 is 10.0 Å². The molecule has 0 unspecified atom stereocenters. The van der Waals surface area contributed by atoms with Crippen molar-refractivity contribution < 1.29 is 12.8 Å². The van der Waals surface area contributed by atoms with Gasteiger partial charge in [0.1, 0.15) is 16.4 Å². The van der Waals surface area contributed by atoms with Gasteiger partial charge >= 0.3 is 0 Å². The van der Waals surface area contributed by atoms with Crippen LogP contribution in [-0.4, -0.2) is 48.7 Å². The standard InChI is InChI=1S/C18H19FN4O2S2/c1-21-13-17(18(20-21)16-7-4-12-26-16)27(24,25)23-10-8-22(9-11-23)15-6-3-2-5-14(15)19/h2-7,12-13H,8-11H2,1H3. The third-order valence-electron chi connectivity index (χ3n) is 4.60. The molecular formula is C18H19FN4O2S2. The van der Waals surface area contributed by atoms with Gasteiger partial charge in [-0.3, -0.25) is 4.68 Å². The van der Waals surface area contributed by atoms with Crippen molar-refractivity contribution in [2.75, 3.05) is 31.1 Å². The van der Waals surface area contributed by atoms with Gasteiger partial charge in [-0.2, -0.15) is 9.40 Å². The largest absolute Gasteiger partial charge is 0.367 e. The van der Waals surface area contributed by atoms with Crippen LogP contribution in [-0.2, 0) is 17.1 Å². The first-order valence-corrected chi connectivity index (χ1v) is 10.9. The van der Waals surface area contributed by atoms with E-state index in [1.807, 2.05) is 22.4 Å². The Kier molecular flexibility index (Phi) is 4.75. The Morgan fingerprint density at radius 2 is 1.81 bits per heavy atom. The summed E-state index contributed by atoms with van der Waals surface area (Å²) >= 11 is 1.46. The van der Waals surface area contributed by atoms with Gasteiger partial charge in [0.25, 0.3) is 0 Å². The van der Waals surface area contributed by atoms with E-state index >= 15 is 0 Å². The number of benzene rings is 1. The number of thiophene rings is 1. The second-order valence-electron chi connectivity index (χ2n) is 6.34. The van der Waals surface area contributed by atoms with E-state index in [9.17, 15) is 12.8 Å². The molecule has 2 aromatic heterocycles. The van der Waals surface area contributed by atoms with Crippen LogP contribution in [0.1, 0.15) is 0 Å². The van der Waals surface area contributed by atoms with Crippen LogP contribution in [0.4, 0.5) is 10.1 Å². The van der Waals surface area contributed by atoms with Crippen molar-refractivity contribution in [3.05, 3.63) is 53.8 Å². The van der Waals surface area contributed by atoms with E-state index in [4.69, 9.17) is 0 Å². The molecule has 1 aliphatic rings. The molecule has 0 radical (unpaired) electrons. The van der Waals surface area contributed by atoms with Crippen LogP contribution in [0.5, 0.6) is 0 Å². The second-order valence-corrected chi connectivity index (χ2v) is 9.19. The van der Waals surface area contributed by atoms with Crippen molar-refractivity contribution in [2.24, 2.45) is 7.05 Å². The molecule has 3 aromatic rings. The fraction of sp³-hybridized carbons (Fsp3) is 0.278. The molecule has 0 spiro atoms. The molecule has 0 aliphatic carbocycles. The highest BCUT2D eigenvalue weighted by molar-refractivity contribution is 7.89. The highest BCUT2D eigenvalue weighted by Crippen LogP contribution is 2.32. The third kappa shape index (κ3) is 3.38. The average Bonchev–Trinajstić information content (AvgIpc) is 3.32. The van der Waals surface area contributed by atoms with Crippen LogP contribution in [0.25, 0.3) is 10.6 Å². The maximum Gasteiger partial charge on any atom is 0.246 e. The predicted molar refractivity (Wildman–Crippen MR) is 104 cm³/mol. The van der Waals surface area contributed by atoms with Gasteiger partial charge in [-0.15, -0.1) is 11.3 Å². The van der Waals surface area contributed by atoms with Gasteiger partial charge in [-0.1, -0.05) is 18.2 Å². The molecule has 1 aromatic carbocycles. The highest BCUT2D eigenvalue weighted by Gasteiger charge is 2.33. The lowest BCUT2D eigenvalue weighted by Crippen LogP contribution is -2.48. The van der Waals surface area contributed by atoms with Gasteiger partial charge < -0.3 is 4.90 Å². The molecule has 3 heterocycles. The molecule has 0 saturated carbocycles. The van der Waals surface area contributed by atoms with Crippen molar-refractivity contribution in [1.82, 2.24) is 14.1 Å². The number of piperazine rings is 1. The summed E-state index contributed by atoms with van der Waals surface area (Å²) in [5, 5.41) is 6.25. The summed E-state index contributed by atoms with van der Waals surface area (Å²) in [6.45, 7) is 1.48. The number of para-hydroxylation sites is 1. The normalized spacial score (nSPS) is 16.0. The van der Waals surface area contributed by atoms with E-state index in [0.717, 1.165) is 4.88 Å². The van der Waals surface area contributed by atoms with E-state index in [1.165, 1.54) is 26.4 Å². The SMILES string of the molecule is Cn1cc(S(=O)(=O)N2CCN(c3ccccc3F)CC2)c(-c2cccs2)n1. The summed E-state index contributed by atoms with van der Waals surface area (Å²) in [6, 6.07) is 10.3. The molecule has 1 fully saturated rings. The molecule has 1 aliphatic heterocycles. The number of nitrogens with zero attached hydrogens (tertiary/aromatic N) is 4. The number of anilines is 1. The zero-order valence-electron chi connectivity index (χ0n) is 14.7. The Labute approximate surface area is 161 Å². The van der Waals surface area contributed by atoms with Gasteiger partial charge in [0.05, 0.1) is 10.6 Å². The number of sulfonamides is 1. The van der Waals surface area contributed by atoms with Gasteiger partial charge in [0, 0.05) is 39.4 Å². The molecule has 6 nitrogen and oxygen atoms in total. The predicted octanol–water partition coefficient (Wildman–Crippen LogP) is 2.80. The molecule has 27 heavy (non-hydrogen) atoms. The minimum Gasteiger partial charge on any atom is -0.367 e. The molecule has 142 valence electrons. The van der Waals surface area contributed by atoms with Crippen molar-refractivity contribution in [2.45, 2.75) is 4.90 Å². The summed E-state index contributed by atoms with van der Waals surface area (Å²) < 4.78 is 43.4. The third-order valence-corrected chi connectivity index (χ3v) is 7.38. The van der Waals surface area contributed by atoms with Crippen LogP contribution in [0.2, 0.25) is 0 Å². The number of hydrogen-bond acceptors (Lipinski definition) is 5. The summed E-state index contributed by atoms with van der Waals surface area (Å²) in [6.07, 6.45) is 1.55. The Balaban J connectivity index is 1.58. The maximum absolute atomic E-state index is 14.0. The molecule has 1 saturated heterocycles. The Morgan fingerprint density at radius 3 is 2.48 bits per heavy atom. The lowest BCUT2D eigenvalue weighted by atomic mass is 10.2. The lowest BCUT2D eigenvalue weighted by Gasteiger charge is -2.35. The molecule has 0 N–H and O–H groups in total. The fourth-order valence-corrected chi connectivity index (χ4v) is 5.65. The lowest BCUT2D eigenvalue weighted by molar-refractivity contribution is 0.383. The number of halogens is 1. The van der Waals surface area contributed by atoms with Gasteiger partial charge in [0.2, 0.25) is 10.0 Å². The van der Waals surface area contributed by atoms with Crippen LogP contribution in [0.3, 0.4) is 0 Å². The van der Waals surface area contributed by atoms with Crippen molar-refractivity contribution in [3.8, 4) is 10.6 Å². The van der Waals surface area contributed by atoms with Crippen LogP contribution >= 0.6 is 11.3 Å². The van der Waals surface area contributed by atoms with E-state index in [1.54, 1.807) is 31.4 Å². The number of rotatable bonds is 4. The number of aryl methyl sites for hydroxylation is 1. The molecule has 0 bridgehead atoms. The summed E-state index contributed by atoms with van der Waals surface area (Å²) in [7, 11) is -1.96. The maximum atomic E-state index is 14.0. The van der Waals surface area contributed by atoms with E-state index in [-0.39, 0.29) is 10.7 Å². The van der Waals surface area contributed by atoms with Crippen molar-refractivity contribution >= 4 is 27.0 Å². The average molecular weight is 407 g/mol. The summed E-state index contributed by atoms with van der Waals surface area (Å²) in [5.41, 5.74) is 0.985. The molecule has 0 amide bonds. The van der Waals surface area contributed by atoms with E-state index in [0.29, 0.717) is 37.6 Å². The van der Waals surface area contributed by atoms with Gasteiger partial charge in [-0.05, 0) is 23.6 Å². The highest BCUT2D eigenvalue weighted by atomic mass is 32.2. The second kappa shape index (κ2) is 7.06. The topological polar surface area (TPSA) is 58.4 Å². The first kappa shape index (κ1) is 18.1. The smallest absolute Gasteiger partial charge is 0.246 e. The van der Waals surface area contributed by atoms with Gasteiger partial charge in [0.15, 0.2) is 0 Å². The zero-order valence-corrected chi connectivity index (χ0v) is 16.4. The molecular weight excluding hydrogens is 387 g/mol. The molecule has 9 heteroatoms. The first-order chi connectivity index (χ1) is 13.0. The number of aromatic nitrogens is 2. The Morgan fingerprint density at radius 1 is 1.07 bits per heavy atom. The number of hydrogen-bond donors (Lipinski definition) is 0. The molecule has 4 rings (SSSR count). The minimum absolute atomic E-state index is 0.215. The fourth-order valence-electron chi connectivity index (χ4n) is 3.26. The van der Waals surface area contributed by atoms with Crippen molar-refractivity contribution in [3.63, 3.8) is 0 Å². The van der Waals surface area contributed by atoms with Crippen LogP contribution < -0.4 is 4.90 Å². The Bertz CT molecular complexity index is 1040. The van der Waals surface area contributed by atoms with Crippen LogP contribution in [0, 0.1) is 5.82 Å². The summed E-state index contributed by atoms with van der Waals surface area (Å²) in [4.78, 5) is 2.91. The van der Waals surface area contributed by atoms with Crippen molar-refractivity contribution in [1.29, 1.82) is 0 Å². The zero-order chi connectivity index (χ0) is 19.0.